The van der Waals surface area contributed by atoms with E-state index in [1.165, 1.54) is 12.8 Å². The molecule has 1 unspecified atom stereocenters. The van der Waals surface area contributed by atoms with Crippen molar-refractivity contribution in [2.24, 2.45) is 0 Å². The van der Waals surface area contributed by atoms with Gasteiger partial charge in [0.2, 0.25) is 0 Å². The molecule has 0 spiro atoms. The molecule has 1 aromatic carbocycles. The van der Waals surface area contributed by atoms with Gasteiger partial charge in [-0.2, -0.15) is 0 Å². The molecule has 1 aliphatic carbocycles. The molecule has 1 aliphatic heterocycles. The van der Waals surface area contributed by atoms with Crippen molar-refractivity contribution < 1.29 is 4.79 Å². The Kier molecular flexibility index (Phi) is 6.30. The number of carbonyl (C=O) groups is 1. The van der Waals surface area contributed by atoms with Gasteiger partial charge in [0.05, 0.1) is 11.1 Å². The third-order valence-corrected chi connectivity index (χ3v) is 5.11. The number of aromatic nitrogens is 1. The first kappa shape index (κ1) is 20.0. The summed E-state index contributed by atoms with van der Waals surface area (Å²) in [4.78, 5) is 19.8. The first-order valence-corrected chi connectivity index (χ1v) is 8.52. The molecule has 0 radical (unpaired) electrons. The zero-order chi connectivity index (χ0) is 16.0. The van der Waals surface area contributed by atoms with Crippen LogP contribution in [0.4, 0.5) is 0 Å². The summed E-state index contributed by atoms with van der Waals surface area (Å²) in [6.45, 7) is 3.94. The molecule has 2 heterocycles. The van der Waals surface area contributed by atoms with E-state index in [4.69, 9.17) is 4.98 Å². The lowest BCUT2D eigenvalue weighted by molar-refractivity contribution is 0.0745. The number of rotatable bonds is 3. The van der Waals surface area contributed by atoms with Gasteiger partial charge in [0, 0.05) is 36.6 Å². The summed E-state index contributed by atoms with van der Waals surface area (Å²) in [6.07, 6.45) is 3.42. The van der Waals surface area contributed by atoms with Crippen molar-refractivity contribution in [3.8, 4) is 0 Å². The SMILES string of the molecule is Cc1ccc2nc(C3CC3)cc(C(=O)N(C)C3CCNC3)c2c1.Cl.Cl. The topological polar surface area (TPSA) is 45.2 Å². The van der Waals surface area contributed by atoms with Crippen LogP contribution in [0.25, 0.3) is 10.9 Å². The second-order valence-corrected chi connectivity index (χ2v) is 6.95. The maximum Gasteiger partial charge on any atom is 0.254 e. The molecule has 6 heteroatoms. The smallest absolute Gasteiger partial charge is 0.254 e. The van der Waals surface area contributed by atoms with Gasteiger partial charge >= 0.3 is 0 Å². The fourth-order valence-electron chi connectivity index (χ4n) is 3.45. The van der Waals surface area contributed by atoms with Gasteiger partial charge in [-0.05, 0) is 50.9 Å². The molecule has 1 N–H and O–H groups in total. The number of benzene rings is 1. The fourth-order valence-corrected chi connectivity index (χ4v) is 3.45. The Balaban J connectivity index is 0.00000113. The van der Waals surface area contributed by atoms with Crippen molar-refractivity contribution in [2.75, 3.05) is 20.1 Å². The largest absolute Gasteiger partial charge is 0.337 e. The van der Waals surface area contributed by atoms with Gasteiger partial charge in [-0.3, -0.25) is 9.78 Å². The second kappa shape index (κ2) is 7.90. The first-order chi connectivity index (χ1) is 11.1. The summed E-state index contributed by atoms with van der Waals surface area (Å²) in [7, 11) is 1.93. The number of carbonyl (C=O) groups excluding carboxylic acids is 1. The van der Waals surface area contributed by atoms with E-state index in [0.29, 0.717) is 12.0 Å². The first-order valence-electron chi connectivity index (χ1n) is 8.52. The standard InChI is InChI=1S/C19H23N3O.2ClH/c1-12-3-6-17-15(9-12)16(10-18(21-17)13-4-5-13)19(23)22(2)14-7-8-20-11-14;;/h3,6,9-10,13-14,20H,4-5,7-8,11H2,1-2H3;2*1H. The molecule has 2 fully saturated rings. The van der Waals surface area contributed by atoms with Gasteiger partial charge in [0.1, 0.15) is 0 Å². The molecular weight excluding hydrogens is 357 g/mol. The highest BCUT2D eigenvalue weighted by atomic mass is 35.5. The van der Waals surface area contributed by atoms with Gasteiger partial charge in [-0.15, -0.1) is 24.8 Å². The molecule has 1 saturated heterocycles. The van der Waals surface area contributed by atoms with Crippen molar-refractivity contribution >= 4 is 41.6 Å². The highest BCUT2D eigenvalue weighted by Crippen LogP contribution is 2.40. The van der Waals surface area contributed by atoms with Crippen LogP contribution in [0.1, 0.15) is 46.8 Å². The summed E-state index contributed by atoms with van der Waals surface area (Å²) in [6, 6.07) is 8.54. The minimum atomic E-state index is 0. The lowest BCUT2D eigenvalue weighted by Crippen LogP contribution is -2.38. The minimum Gasteiger partial charge on any atom is -0.337 e. The second-order valence-electron chi connectivity index (χ2n) is 6.95. The van der Waals surface area contributed by atoms with Crippen molar-refractivity contribution in [3.05, 3.63) is 41.1 Å². The van der Waals surface area contributed by atoms with Crippen molar-refractivity contribution in [1.29, 1.82) is 0 Å². The summed E-state index contributed by atoms with van der Waals surface area (Å²) in [5.41, 5.74) is 4.01. The molecule has 136 valence electrons. The number of hydrogen-bond acceptors (Lipinski definition) is 3. The summed E-state index contributed by atoms with van der Waals surface area (Å²) < 4.78 is 0. The van der Waals surface area contributed by atoms with Crippen LogP contribution in [0.15, 0.2) is 24.3 Å². The van der Waals surface area contributed by atoms with E-state index in [1.54, 1.807) is 0 Å². The van der Waals surface area contributed by atoms with E-state index in [-0.39, 0.29) is 30.7 Å². The number of aryl methyl sites for hydroxylation is 1. The van der Waals surface area contributed by atoms with E-state index < -0.39 is 0 Å². The van der Waals surface area contributed by atoms with Crippen LogP contribution in [-0.4, -0.2) is 42.0 Å². The molecule has 4 nitrogen and oxygen atoms in total. The number of fused-ring (bicyclic) bond motifs is 1. The fraction of sp³-hybridized carbons (Fsp3) is 0.474. The van der Waals surface area contributed by atoms with Crippen LogP contribution in [0.3, 0.4) is 0 Å². The van der Waals surface area contributed by atoms with Crippen LogP contribution >= 0.6 is 24.8 Å². The normalized spacial score (nSPS) is 19.2. The number of halogens is 2. The van der Waals surface area contributed by atoms with Gasteiger partial charge < -0.3 is 10.2 Å². The number of amides is 1. The molecule has 2 aromatic rings. The quantitative estimate of drug-likeness (QED) is 0.881. The Morgan fingerprint density at radius 3 is 2.60 bits per heavy atom. The van der Waals surface area contributed by atoms with E-state index >= 15 is 0 Å². The van der Waals surface area contributed by atoms with E-state index in [1.807, 2.05) is 24.1 Å². The third-order valence-electron chi connectivity index (χ3n) is 5.11. The van der Waals surface area contributed by atoms with Gasteiger partial charge in [-0.1, -0.05) is 11.6 Å². The Morgan fingerprint density at radius 2 is 1.96 bits per heavy atom. The maximum atomic E-state index is 13.1. The van der Waals surface area contributed by atoms with Crippen molar-refractivity contribution in [1.82, 2.24) is 15.2 Å². The van der Waals surface area contributed by atoms with Crippen molar-refractivity contribution in [2.45, 2.75) is 38.1 Å². The summed E-state index contributed by atoms with van der Waals surface area (Å²) in [5, 5.41) is 4.32. The Morgan fingerprint density at radius 1 is 1.20 bits per heavy atom. The maximum absolute atomic E-state index is 13.1. The van der Waals surface area contributed by atoms with E-state index in [2.05, 4.69) is 24.4 Å². The molecule has 25 heavy (non-hydrogen) atoms. The predicted octanol–water partition coefficient (Wildman–Crippen LogP) is 3.70. The Bertz CT molecular complexity index is 771. The number of hydrogen-bond donors (Lipinski definition) is 1. The van der Waals surface area contributed by atoms with Gasteiger partial charge in [-0.25, -0.2) is 0 Å². The molecule has 2 aliphatic rings. The minimum absolute atomic E-state index is 0. The Hall–Kier alpha value is -1.36. The average molecular weight is 382 g/mol. The molecule has 1 atom stereocenters. The van der Waals surface area contributed by atoms with Crippen molar-refractivity contribution in [3.63, 3.8) is 0 Å². The molecular formula is C19H25Cl2N3O. The van der Waals surface area contributed by atoms with E-state index in [0.717, 1.165) is 47.2 Å². The summed E-state index contributed by atoms with van der Waals surface area (Å²) >= 11 is 0. The molecule has 1 aromatic heterocycles. The number of pyridine rings is 1. The zero-order valence-corrected chi connectivity index (χ0v) is 16.3. The average Bonchev–Trinajstić information content (AvgIpc) is 3.27. The van der Waals surface area contributed by atoms with Crippen LogP contribution in [-0.2, 0) is 0 Å². The Labute approximate surface area is 161 Å². The van der Waals surface area contributed by atoms with Crippen LogP contribution in [0, 0.1) is 6.92 Å². The highest BCUT2D eigenvalue weighted by molar-refractivity contribution is 6.06. The third kappa shape index (κ3) is 3.91. The molecule has 1 saturated carbocycles. The highest BCUT2D eigenvalue weighted by Gasteiger charge is 2.29. The number of nitrogens with zero attached hydrogens (tertiary/aromatic N) is 2. The lowest BCUT2D eigenvalue weighted by Gasteiger charge is -2.24. The molecule has 0 bridgehead atoms. The molecule has 1 amide bonds. The number of likely N-dealkylation sites (N-methyl/N-ethyl adjacent to an activating group) is 1. The lowest BCUT2D eigenvalue weighted by atomic mass is 10.0. The van der Waals surface area contributed by atoms with Gasteiger partial charge in [0.25, 0.3) is 5.91 Å². The van der Waals surface area contributed by atoms with Crippen LogP contribution in [0.2, 0.25) is 0 Å². The van der Waals surface area contributed by atoms with E-state index in [9.17, 15) is 4.79 Å². The van der Waals surface area contributed by atoms with Crippen LogP contribution in [0.5, 0.6) is 0 Å². The monoisotopic (exact) mass is 381 g/mol. The summed E-state index contributed by atoms with van der Waals surface area (Å²) in [5.74, 6) is 0.671. The number of nitrogens with one attached hydrogen (secondary N) is 1. The van der Waals surface area contributed by atoms with Crippen LogP contribution < -0.4 is 5.32 Å². The molecule has 4 rings (SSSR count). The van der Waals surface area contributed by atoms with Gasteiger partial charge in [0.15, 0.2) is 0 Å². The zero-order valence-electron chi connectivity index (χ0n) is 14.6. The predicted molar refractivity (Wildman–Crippen MR) is 106 cm³/mol.